The highest BCUT2D eigenvalue weighted by molar-refractivity contribution is 6.64. The number of quaternary nitrogens is 1. The molecule has 0 aliphatic carbocycles. The largest absolute Gasteiger partial charge is 0.609 e. The van der Waals surface area contributed by atoms with Crippen LogP contribution in [0.4, 0.5) is 0 Å². The summed E-state index contributed by atoms with van der Waals surface area (Å²) in [5, 5.41) is 5.92. The first kappa shape index (κ1) is 25.8. The van der Waals surface area contributed by atoms with Gasteiger partial charge in [-0.25, -0.2) is 9.78 Å². The molecular formula is C25H34BN5O5. The molecule has 2 aromatic rings. The molecule has 0 radical (unpaired) electrons. The van der Waals surface area contributed by atoms with Crippen LogP contribution in [0.1, 0.15) is 50.2 Å². The van der Waals surface area contributed by atoms with Gasteiger partial charge in [-0.15, -0.1) is 0 Å². The van der Waals surface area contributed by atoms with Gasteiger partial charge in [0.25, 0.3) is 5.91 Å². The molecule has 36 heavy (non-hydrogen) atoms. The number of hydrogen-bond acceptors (Lipinski definition) is 7. The minimum absolute atomic E-state index is 0.0505. The van der Waals surface area contributed by atoms with Crippen molar-refractivity contribution >= 4 is 24.5 Å². The van der Waals surface area contributed by atoms with Gasteiger partial charge < -0.3 is 24.8 Å². The van der Waals surface area contributed by atoms with Gasteiger partial charge in [0.2, 0.25) is 5.91 Å². The summed E-state index contributed by atoms with van der Waals surface area (Å²) >= 11 is 0. The van der Waals surface area contributed by atoms with Crippen LogP contribution < -0.4 is 15.4 Å². The Balaban J connectivity index is 1.60. The van der Waals surface area contributed by atoms with Crippen molar-refractivity contribution in [2.24, 2.45) is 5.92 Å². The van der Waals surface area contributed by atoms with Crippen LogP contribution in [-0.4, -0.2) is 65.1 Å². The number of aromatic nitrogens is 2. The molecule has 4 rings (SSSR count). The normalized spacial score (nSPS) is 26.7. The molecule has 2 amide bonds. The zero-order chi connectivity index (χ0) is 25.9. The summed E-state index contributed by atoms with van der Waals surface area (Å²) in [6, 6.07) is 8.23. The molecule has 0 bridgehead atoms. The summed E-state index contributed by atoms with van der Waals surface area (Å²) < 4.78 is 12.1. The van der Waals surface area contributed by atoms with Gasteiger partial charge in [-0.05, 0) is 25.3 Å². The molecule has 10 nitrogen and oxygen atoms in total. The van der Waals surface area contributed by atoms with Crippen LogP contribution in [0, 0.1) is 5.92 Å². The lowest BCUT2D eigenvalue weighted by Crippen LogP contribution is -3.26. The maximum Gasteiger partial charge on any atom is 0.548 e. The lowest BCUT2D eigenvalue weighted by atomic mass is 9.59. The van der Waals surface area contributed by atoms with Crippen LogP contribution in [0.15, 0.2) is 48.9 Å². The molecule has 192 valence electrons. The second kappa shape index (κ2) is 10.8. The zero-order valence-electron chi connectivity index (χ0n) is 21.1. The maximum absolute atomic E-state index is 13.7. The van der Waals surface area contributed by atoms with Gasteiger partial charge in [0.1, 0.15) is 17.8 Å². The molecule has 2 aliphatic rings. The van der Waals surface area contributed by atoms with Gasteiger partial charge in [0.15, 0.2) is 0 Å². The van der Waals surface area contributed by atoms with Crippen LogP contribution in [0.25, 0.3) is 0 Å². The molecule has 1 aromatic carbocycles. The number of carbonyl (C=O) groups excluding carboxylic acids is 3. The summed E-state index contributed by atoms with van der Waals surface area (Å²) in [6.45, 7) is 6.23. The molecule has 3 heterocycles. The average Bonchev–Trinajstić information content (AvgIpc) is 3.33. The van der Waals surface area contributed by atoms with E-state index >= 15 is 0 Å². The fraction of sp³-hybridized carbons (Fsp3) is 0.480. The third kappa shape index (κ3) is 5.27. The van der Waals surface area contributed by atoms with Gasteiger partial charge in [-0.3, -0.25) is 14.6 Å². The second-order valence-corrected chi connectivity index (χ2v) is 10.2. The van der Waals surface area contributed by atoms with E-state index in [1.165, 1.54) is 18.6 Å². The highest BCUT2D eigenvalue weighted by atomic mass is 16.7. The number of amides is 2. The van der Waals surface area contributed by atoms with Crippen LogP contribution in [0.3, 0.4) is 0 Å². The molecule has 6 atom stereocenters. The summed E-state index contributed by atoms with van der Waals surface area (Å²) in [5.41, 5.74) is 1.01. The van der Waals surface area contributed by atoms with E-state index in [1.54, 1.807) is 0 Å². The van der Waals surface area contributed by atoms with E-state index in [1.807, 2.05) is 58.0 Å². The number of hydrogen-bond donors (Lipinski definition) is 3. The number of nitrogens with one attached hydrogen (secondary N) is 3. The fourth-order valence-corrected chi connectivity index (χ4v) is 5.44. The maximum atomic E-state index is 13.7. The lowest BCUT2D eigenvalue weighted by molar-refractivity contribution is -0.831. The molecule has 2 saturated heterocycles. The van der Waals surface area contributed by atoms with E-state index in [0.29, 0.717) is 13.0 Å². The Bertz CT molecular complexity index is 1090. The number of carbonyl (C=O) groups is 3. The molecular weight excluding hydrogens is 461 g/mol. The third-order valence-electron chi connectivity index (χ3n) is 7.06. The Morgan fingerprint density at radius 2 is 1.92 bits per heavy atom. The van der Waals surface area contributed by atoms with Gasteiger partial charge in [0, 0.05) is 24.8 Å². The Morgan fingerprint density at radius 3 is 2.58 bits per heavy atom. The Labute approximate surface area is 211 Å². The molecule has 2 unspecified atom stereocenters. The number of benzene rings is 1. The Morgan fingerprint density at radius 1 is 1.17 bits per heavy atom. The summed E-state index contributed by atoms with van der Waals surface area (Å²) in [6.07, 6.45) is 5.08. The van der Waals surface area contributed by atoms with Gasteiger partial charge in [0.05, 0.1) is 18.8 Å². The van der Waals surface area contributed by atoms with Crippen LogP contribution in [0.2, 0.25) is 0 Å². The number of nitrogens with zero attached hydrogens (tertiary/aromatic N) is 2. The van der Waals surface area contributed by atoms with Crippen molar-refractivity contribution in [3.8, 4) is 0 Å². The van der Waals surface area contributed by atoms with E-state index < -0.39 is 24.6 Å². The molecule has 0 spiro atoms. The monoisotopic (exact) mass is 495 g/mol. The third-order valence-corrected chi connectivity index (χ3v) is 7.06. The first-order valence-corrected chi connectivity index (χ1v) is 12.5. The van der Waals surface area contributed by atoms with Crippen LogP contribution in [0.5, 0.6) is 0 Å². The van der Waals surface area contributed by atoms with Gasteiger partial charge in [-0.1, -0.05) is 50.6 Å². The van der Waals surface area contributed by atoms with Gasteiger partial charge in [-0.2, -0.15) is 0 Å². The van der Waals surface area contributed by atoms with Crippen molar-refractivity contribution in [2.75, 3.05) is 6.61 Å². The molecule has 2 aliphatic heterocycles. The standard InChI is InChI=1S/C25H34BN5O5/c1-16(2)12-22(26-31(17(3)15-35-26)18(4)25(34)36-26)30-23(32)20(13-19-8-6-5-7-9-19)29-24(33)21-14-27-10-11-28-21/h5-11,14,16-18,20,22,31H,12-13,15H2,1-4H3,(H,29,33)(H,30,32)/t17-,18+,20-,22-,26?/m0/s1. The van der Waals surface area contributed by atoms with Crippen molar-refractivity contribution in [2.45, 2.75) is 64.6 Å². The lowest BCUT2D eigenvalue weighted by Gasteiger charge is -2.40. The highest BCUT2D eigenvalue weighted by Crippen LogP contribution is 2.24. The van der Waals surface area contributed by atoms with E-state index in [2.05, 4.69) is 20.6 Å². The zero-order valence-corrected chi connectivity index (χ0v) is 21.1. The predicted octanol–water partition coefficient (Wildman–Crippen LogP) is 0.0756. The Hall–Kier alpha value is -3.31. The topological polar surface area (TPSA) is 124 Å². The van der Waals surface area contributed by atoms with Crippen molar-refractivity contribution in [3.05, 3.63) is 60.2 Å². The first-order chi connectivity index (χ1) is 17.2. The van der Waals surface area contributed by atoms with Crippen molar-refractivity contribution in [1.82, 2.24) is 20.6 Å². The molecule has 3 N–H and O–H groups in total. The molecule has 0 saturated carbocycles. The smallest absolute Gasteiger partial charge is 0.548 e. The predicted molar refractivity (Wildman–Crippen MR) is 133 cm³/mol. The minimum Gasteiger partial charge on any atom is -0.609 e. The molecule has 1 aromatic heterocycles. The van der Waals surface area contributed by atoms with E-state index in [-0.39, 0.29) is 42.0 Å². The van der Waals surface area contributed by atoms with Crippen molar-refractivity contribution in [1.29, 1.82) is 0 Å². The second-order valence-electron chi connectivity index (χ2n) is 10.2. The SMILES string of the molecule is CC(C)C[C@H](NC(=O)[C@H](Cc1ccccc1)NC(=O)c1cnccn1)[B-]12OC[C@H](C)[NH+]1[C@H](C)C(=O)O2. The summed E-state index contributed by atoms with van der Waals surface area (Å²) in [4.78, 5) is 48.1. The molecule has 2 fully saturated rings. The minimum atomic E-state index is -2.15. The van der Waals surface area contributed by atoms with E-state index in [9.17, 15) is 14.4 Å². The van der Waals surface area contributed by atoms with Crippen LogP contribution >= 0.6 is 0 Å². The fourth-order valence-electron chi connectivity index (χ4n) is 5.44. The quantitative estimate of drug-likeness (QED) is 0.421. The summed E-state index contributed by atoms with van der Waals surface area (Å²) in [5.74, 6) is -1.55. The van der Waals surface area contributed by atoms with Crippen molar-refractivity contribution in [3.63, 3.8) is 0 Å². The summed E-state index contributed by atoms with van der Waals surface area (Å²) in [7, 11) is 0. The van der Waals surface area contributed by atoms with E-state index in [4.69, 9.17) is 9.31 Å². The molecule has 11 heteroatoms. The average molecular weight is 495 g/mol. The Kier molecular flexibility index (Phi) is 7.70. The van der Waals surface area contributed by atoms with Crippen molar-refractivity contribution < 1.29 is 28.5 Å². The number of fused-ring (bicyclic) bond motifs is 1. The van der Waals surface area contributed by atoms with Gasteiger partial charge >= 0.3 is 12.7 Å². The van der Waals surface area contributed by atoms with Crippen LogP contribution in [-0.2, 0) is 25.3 Å². The van der Waals surface area contributed by atoms with E-state index in [0.717, 1.165) is 10.4 Å². The highest BCUT2D eigenvalue weighted by Gasteiger charge is 2.65. The number of rotatable bonds is 9. The first-order valence-electron chi connectivity index (χ1n) is 12.5.